The summed E-state index contributed by atoms with van der Waals surface area (Å²) in [6, 6.07) is 14.0. The van der Waals surface area contributed by atoms with E-state index in [2.05, 4.69) is 11.1 Å². The summed E-state index contributed by atoms with van der Waals surface area (Å²) >= 11 is 0. The van der Waals surface area contributed by atoms with Crippen LogP contribution in [-0.2, 0) is 0 Å². The zero-order chi connectivity index (χ0) is 13.0. The second-order valence-corrected chi connectivity index (χ2v) is 5.40. The molecule has 2 aromatic rings. The third kappa shape index (κ3) is 2.77. The summed E-state index contributed by atoms with van der Waals surface area (Å²) in [5.74, 6) is 0.402. The first-order chi connectivity index (χ1) is 8.72. The van der Waals surface area contributed by atoms with Gasteiger partial charge in [0.2, 0.25) is 0 Å². The maximum absolute atomic E-state index is 10.1. The van der Waals surface area contributed by atoms with E-state index in [-0.39, 0.29) is 0 Å². The van der Waals surface area contributed by atoms with Gasteiger partial charge >= 0.3 is 0 Å². The predicted molar refractivity (Wildman–Crippen MR) is 80.4 cm³/mol. The minimum atomic E-state index is 0.402. The van der Waals surface area contributed by atoms with Gasteiger partial charge in [-0.05, 0) is 23.4 Å². The van der Waals surface area contributed by atoms with Gasteiger partial charge in [-0.1, -0.05) is 51.0 Å². The van der Waals surface area contributed by atoms with Crippen LogP contribution in [0.4, 0.5) is 0 Å². The van der Waals surface area contributed by atoms with Crippen LogP contribution in [0.15, 0.2) is 47.5 Å². The molecule has 18 heavy (non-hydrogen) atoms. The van der Waals surface area contributed by atoms with E-state index in [9.17, 15) is 5.11 Å². The minimum absolute atomic E-state index is 0.402. The fourth-order valence-corrected chi connectivity index (χ4v) is 3.02. The lowest BCUT2D eigenvalue weighted by atomic mass is 10.2. The molecular weight excluding hydrogens is 241 g/mol. The van der Waals surface area contributed by atoms with E-state index < -0.39 is 0 Å². The summed E-state index contributed by atoms with van der Waals surface area (Å²) in [5, 5.41) is 12.2. The first kappa shape index (κ1) is 12.8. The summed E-state index contributed by atoms with van der Waals surface area (Å²) < 4.78 is 0. The van der Waals surface area contributed by atoms with Crippen molar-refractivity contribution in [2.45, 2.75) is 6.92 Å². The Hall–Kier alpha value is -1.66. The molecule has 0 aliphatic rings. The Morgan fingerprint density at radius 1 is 1.06 bits per heavy atom. The number of phenols is 1. The summed E-state index contributed by atoms with van der Waals surface area (Å²) in [6.45, 7) is 1.92. The van der Waals surface area contributed by atoms with Crippen LogP contribution in [0.3, 0.4) is 0 Å². The summed E-state index contributed by atoms with van der Waals surface area (Å²) in [6.07, 6.45) is 1.86. The van der Waals surface area contributed by atoms with Gasteiger partial charge in [0.15, 0.2) is 0 Å². The molecule has 92 valence electrons. The van der Waals surface area contributed by atoms with Crippen LogP contribution < -0.4 is 10.6 Å². The maximum Gasteiger partial charge on any atom is 0.126 e. The van der Waals surface area contributed by atoms with Crippen molar-refractivity contribution >= 4 is 25.4 Å². The zero-order valence-corrected chi connectivity index (χ0v) is 11.5. The predicted octanol–water partition coefficient (Wildman–Crippen LogP) is 2.38. The smallest absolute Gasteiger partial charge is 0.126 e. The lowest BCUT2D eigenvalue weighted by Crippen LogP contribution is -2.09. The number of phenolic OH excluding ortho intramolecular Hbond substituents is 1. The third-order valence-corrected chi connectivity index (χ3v) is 4.13. The number of aliphatic imine (C=N–C) groups is 1. The van der Waals surface area contributed by atoms with Gasteiger partial charge in [0.25, 0.3) is 0 Å². The maximum atomic E-state index is 10.1. The molecule has 0 heterocycles. The monoisotopic (exact) mass is 257 g/mol. The molecule has 0 fully saturated rings. The molecule has 0 radical (unpaired) electrons. The van der Waals surface area contributed by atoms with E-state index in [0.717, 1.165) is 16.4 Å². The number of hydrogen-bond donors (Lipinski definition) is 1. The minimum Gasteiger partial charge on any atom is -0.507 e. The van der Waals surface area contributed by atoms with Crippen molar-refractivity contribution in [1.29, 1.82) is 0 Å². The Bertz CT molecular complexity index is 578. The standard InChI is InChI=1S/C15H16NOP/c1-11-6-5-9-14(15(11)17)18-13-8-4-3-7-12(13)10-16-2/h3-10,17-18H,1-2H3/b16-10+. The van der Waals surface area contributed by atoms with Crippen molar-refractivity contribution in [3.63, 3.8) is 0 Å². The Morgan fingerprint density at radius 3 is 2.56 bits per heavy atom. The second-order valence-electron chi connectivity index (χ2n) is 4.07. The molecule has 2 aromatic carbocycles. The molecule has 0 bridgehead atoms. The van der Waals surface area contributed by atoms with Crippen LogP contribution in [0.25, 0.3) is 0 Å². The highest BCUT2D eigenvalue weighted by Gasteiger charge is 2.06. The van der Waals surface area contributed by atoms with Gasteiger partial charge in [-0.2, -0.15) is 0 Å². The molecule has 0 spiro atoms. The Balaban J connectivity index is 2.37. The SMILES string of the molecule is C/N=C/c1ccccc1Pc1cccc(C)c1O. The first-order valence-corrected chi connectivity index (χ1v) is 6.79. The lowest BCUT2D eigenvalue weighted by molar-refractivity contribution is 0.475. The fourth-order valence-electron chi connectivity index (χ4n) is 1.77. The van der Waals surface area contributed by atoms with Crippen molar-refractivity contribution in [2.75, 3.05) is 7.05 Å². The van der Waals surface area contributed by atoms with Crippen LogP contribution >= 0.6 is 8.58 Å². The molecule has 0 saturated carbocycles. The average Bonchev–Trinajstić information content (AvgIpc) is 2.37. The van der Waals surface area contributed by atoms with Crippen LogP contribution in [0.1, 0.15) is 11.1 Å². The lowest BCUT2D eigenvalue weighted by Gasteiger charge is -2.09. The van der Waals surface area contributed by atoms with Crippen molar-refractivity contribution < 1.29 is 5.11 Å². The molecule has 0 aliphatic carbocycles. The number of aryl methyl sites for hydroxylation is 1. The number of nitrogens with zero attached hydrogens (tertiary/aromatic N) is 1. The molecule has 0 amide bonds. The van der Waals surface area contributed by atoms with E-state index in [1.807, 2.05) is 49.5 Å². The highest BCUT2D eigenvalue weighted by Crippen LogP contribution is 2.22. The van der Waals surface area contributed by atoms with Gasteiger partial charge in [-0.15, -0.1) is 0 Å². The van der Waals surface area contributed by atoms with Gasteiger partial charge < -0.3 is 5.11 Å². The molecule has 1 unspecified atom stereocenters. The molecule has 2 rings (SSSR count). The van der Waals surface area contributed by atoms with Gasteiger partial charge in [0.05, 0.1) is 0 Å². The Morgan fingerprint density at radius 2 is 1.78 bits per heavy atom. The van der Waals surface area contributed by atoms with Crippen LogP contribution in [0.5, 0.6) is 5.75 Å². The van der Waals surface area contributed by atoms with Gasteiger partial charge in [-0.3, -0.25) is 4.99 Å². The molecule has 2 nitrogen and oxygen atoms in total. The molecule has 0 aliphatic heterocycles. The number of rotatable bonds is 3. The van der Waals surface area contributed by atoms with Crippen molar-refractivity contribution in [2.24, 2.45) is 4.99 Å². The Kier molecular flexibility index (Phi) is 4.11. The largest absolute Gasteiger partial charge is 0.507 e. The van der Waals surface area contributed by atoms with E-state index >= 15 is 0 Å². The van der Waals surface area contributed by atoms with Crippen molar-refractivity contribution in [1.82, 2.24) is 0 Å². The van der Waals surface area contributed by atoms with Crippen LogP contribution in [0, 0.1) is 6.92 Å². The number of hydrogen-bond acceptors (Lipinski definition) is 2. The summed E-state index contributed by atoms with van der Waals surface area (Å²) in [4.78, 5) is 4.07. The normalized spacial score (nSPS) is 11.7. The quantitative estimate of drug-likeness (QED) is 0.664. The summed E-state index contributed by atoms with van der Waals surface area (Å²) in [7, 11) is 2.21. The highest BCUT2D eigenvalue weighted by atomic mass is 31.1. The van der Waals surface area contributed by atoms with E-state index in [1.165, 1.54) is 5.30 Å². The molecule has 3 heteroatoms. The number of para-hydroxylation sites is 1. The zero-order valence-electron chi connectivity index (χ0n) is 10.5. The molecular formula is C15H16NOP. The van der Waals surface area contributed by atoms with Gasteiger partial charge in [0.1, 0.15) is 5.75 Å². The average molecular weight is 257 g/mol. The number of aromatic hydroxyl groups is 1. The van der Waals surface area contributed by atoms with Crippen molar-refractivity contribution in [3.8, 4) is 5.75 Å². The van der Waals surface area contributed by atoms with Crippen molar-refractivity contribution in [3.05, 3.63) is 53.6 Å². The molecule has 0 saturated heterocycles. The van der Waals surface area contributed by atoms with E-state index in [0.29, 0.717) is 14.3 Å². The second kappa shape index (κ2) is 5.79. The summed E-state index contributed by atoms with van der Waals surface area (Å²) in [5.41, 5.74) is 2.03. The first-order valence-electron chi connectivity index (χ1n) is 5.79. The molecule has 1 N–H and O–H groups in total. The highest BCUT2D eigenvalue weighted by molar-refractivity contribution is 7.56. The van der Waals surface area contributed by atoms with Gasteiger partial charge in [-0.25, -0.2) is 0 Å². The fraction of sp³-hybridized carbons (Fsp3) is 0.133. The topological polar surface area (TPSA) is 32.6 Å². The molecule has 0 aromatic heterocycles. The number of benzene rings is 2. The Labute approximate surface area is 109 Å². The van der Waals surface area contributed by atoms with E-state index in [1.54, 1.807) is 7.05 Å². The molecule has 1 atom stereocenters. The van der Waals surface area contributed by atoms with E-state index in [4.69, 9.17) is 0 Å². The van der Waals surface area contributed by atoms with Gasteiger partial charge in [0, 0.05) is 18.6 Å². The van der Waals surface area contributed by atoms with Crippen LogP contribution in [-0.4, -0.2) is 18.4 Å². The third-order valence-electron chi connectivity index (χ3n) is 2.74. The van der Waals surface area contributed by atoms with Crippen LogP contribution in [0.2, 0.25) is 0 Å².